The maximum absolute atomic E-state index is 12.5. The Labute approximate surface area is 128 Å². The first kappa shape index (κ1) is 14.4. The summed E-state index contributed by atoms with van der Waals surface area (Å²) in [6.45, 7) is 1.90. The van der Waals surface area contributed by atoms with Gasteiger partial charge in [0.25, 0.3) is 0 Å². The second kappa shape index (κ2) is 5.72. The third-order valence-corrected chi connectivity index (χ3v) is 5.53. The van der Waals surface area contributed by atoms with Crippen molar-refractivity contribution in [2.75, 3.05) is 5.75 Å². The van der Waals surface area contributed by atoms with Crippen LogP contribution in [-0.4, -0.2) is 39.1 Å². The number of carboxylic acid groups (broad SMARTS) is 1. The molecule has 1 aliphatic carbocycles. The van der Waals surface area contributed by atoms with Crippen molar-refractivity contribution in [2.24, 2.45) is 0 Å². The van der Waals surface area contributed by atoms with Crippen LogP contribution in [0.1, 0.15) is 30.0 Å². The number of benzene rings is 1. The van der Waals surface area contributed by atoms with Crippen molar-refractivity contribution >= 4 is 23.6 Å². The van der Waals surface area contributed by atoms with Gasteiger partial charge in [0.1, 0.15) is 6.04 Å². The van der Waals surface area contributed by atoms with Gasteiger partial charge in [-0.3, -0.25) is 4.79 Å². The van der Waals surface area contributed by atoms with E-state index in [1.165, 1.54) is 34.2 Å². The van der Waals surface area contributed by atoms with Crippen molar-refractivity contribution < 1.29 is 14.7 Å². The zero-order valence-corrected chi connectivity index (χ0v) is 12.9. The molecule has 1 amide bonds. The predicted molar refractivity (Wildman–Crippen MR) is 82.4 cm³/mol. The molecule has 4 nitrogen and oxygen atoms in total. The van der Waals surface area contributed by atoms with E-state index in [2.05, 4.69) is 12.1 Å². The van der Waals surface area contributed by atoms with Gasteiger partial charge in [-0.25, -0.2) is 4.79 Å². The molecular weight excluding hydrogens is 286 g/mol. The number of nitrogens with zero attached hydrogens (tertiary/aromatic N) is 1. The highest BCUT2D eigenvalue weighted by Crippen LogP contribution is 2.30. The van der Waals surface area contributed by atoms with E-state index in [1.54, 1.807) is 0 Å². The molecule has 2 unspecified atom stereocenters. The Morgan fingerprint density at radius 1 is 1.33 bits per heavy atom. The number of aliphatic carboxylic acids is 1. The van der Waals surface area contributed by atoms with E-state index in [0.29, 0.717) is 12.2 Å². The smallest absolute Gasteiger partial charge is 0.327 e. The number of hydrogen-bond acceptors (Lipinski definition) is 3. The van der Waals surface area contributed by atoms with Crippen LogP contribution < -0.4 is 0 Å². The van der Waals surface area contributed by atoms with Crippen molar-refractivity contribution in [3.05, 3.63) is 34.9 Å². The number of amides is 1. The van der Waals surface area contributed by atoms with Gasteiger partial charge in [0.05, 0.1) is 11.8 Å². The minimum Gasteiger partial charge on any atom is -0.480 e. The first-order chi connectivity index (χ1) is 10.1. The average Bonchev–Trinajstić information content (AvgIpc) is 3.04. The van der Waals surface area contributed by atoms with Crippen LogP contribution in [0.5, 0.6) is 0 Å². The average molecular weight is 305 g/mol. The number of fused-ring (bicyclic) bond motifs is 1. The van der Waals surface area contributed by atoms with Gasteiger partial charge in [0.15, 0.2) is 0 Å². The fourth-order valence-electron chi connectivity index (χ4n) is 3.21. The molecule has 1 fully saturated rings. The molecular formula is C16H19NO3S. The van der Waals surface area contributed by atoms with E-state index >= 15 is 0 Å². The highest BCUT2D eigenvalue weighted by molar-refractivity contribution is 8.00. The fraction of sp³-hybridized carbons (Fsp3) is 0.500. The van der Waals surface area contributed by atoms with Crippen molar-refractivity contribution in [3.8, 4) is 0 Å². The summed E-state index contributed by atoms with van der Waals surface area (Å²) in [6, 6.07) is 5.55. The summed E-state index contributed by atoms with van der Waals surface area (Å²) >= 11 is 1.53. The molecule has 1 aromatic carbocycles. The van der Waals surface area contributed by atoms with E-state index in [1.807, 2.05) is 13.0 Å². The van der Waals surface area contributed by atoms with Crippen LogP contribution in [0.15, 0.2) is 18.2 Å². The zero-order valence-electron chi connectivity index (χ0n) is 12.0. The molecule has 21 heavy (non-hydrogen) atoms. The monoisotopic (exact) mass is 305 g/mol. The standard InChI is InChI=1S/C16H19NO3S/c1-10-17(14(9-21-10)16(19)20)15(18)8-11-5-6-12-3-2-4-13(12)7-11/h5-7,10,14H,2-4,8-9H2,1H3,(H,19,20). The van der Waals surface area contributed by atoms with Gasteiger partial charge in [-0.1, -0.05) is 18.2 Å². The van der Waals surface area contributed by atoms with Gasteiger partial charge in [-0.15, -0.1) is 11.8 Å². The number of carbonyl (C=O) groups excluding carboxylic acids is 1. The quantitative estimate of drug-likeness (QED) is 0.929. The van der Waals surface area contributed by atoms with E-state index in [9.17, 15) is 14.7 Å². The molecule has 2 atom stereocenters. The minimum atomic E-state index is -0.908. The highest BCUT2D eigenvalue weighted by Gasteiger charge is 2.39. The van der Waals surface area contributed by atoms with Gasteiger partial charge in [-0.2, -0.15) is 0 Å². The molecule has 112 valence electrons. The largest absolute Gasteiger partial charge is 0.480 e. The minimum absolute atomic E-state index is 0.0620. The van der Waals surface area contributed by atoms with Crippen LogP contribution in [0.2, 0.25) is 0 Å². The number of hydrogen-bond donors (Lipinski definition) is 1. The van der Waals surface area contributed by atoms with Crippen LogP contribution >= 0.6 is 11.8 Å². The van der Waals surface area contributed by atoms with Crippen molar-refractivity contribution in [2.45, 2.75) is 44.0 Å². The number of aryl methyl sites for hydroxylation is 2. The Hall–Kier alpha value is -1.49. The maximum atomic E-state index is 12.5. The van der Waals surface area contributed by atoms with Crippen LogP contribution in [-0.2, 0) is 28.9 Å². The molecule has 0 radical (unpaired) electrons. The Balaban J connectivity index is 1.75. The molecule has 0 bridgehead atoms. The van der Waals surface area contributed by atoms with Gasteiger partial charge in [0, 0.05) is 5.75 Å². The van der Waals surface area contributed by atoms with Gasteiger partial charge >= 0.3 is 5.97 Å². The second-order valence-corrected chi connectivity index (χ2v) is 7.07. The molecule has 1 aromatic rings. The highest BCUT2D eigenvalue weighted by atomic mass is 32.2. The molecule has 2 aliphatic rings. The van der Waals surface area contributed by atoms with Crippen molar-refractivity contribution in [3.63, 3.8) is 0 Å². The van der Waals surface area contributed by atoms with Gasteiger partial charge < -0.3 is 10.0 Å². The Morgan fingerprint density at radius 2 is 2.10 bits per heavy atom. The number of carboxylic acids is 1. The van der Waals surface area contributed by atoms with Crippen molar-refractivity contribution in [1.82, 2.24) is 4.90 Å². The maximum Gasteiger partial charge on any atom is 0.327 e. The molecule has 1 aliphatic heterocycles. The molecule has 1 N–H and O–H groups in total. The summed E-state index contributed by atoms with van der Waals surface area (Å²) in [5.74, 6) is -0.515. The van der Waals surface area contributed by atoms with Gasteiger partial charge in [0.2, 0.25) is 5.91 Å². The lowest BCUT2D eigenvalue weighted by molar-refractivity contribution is -0.148. The Kier molecular flexibility index (Phi) is 3.93. The first-order valence-electron chi connectivity index (χ1n) is 7.32. The summed E-state index contributed by atoms with van der Waals surface area (Å²) < 4.78 is 0. The summed E-state index contributed by atoms with van der Waals surface area (Å²) in [7, 11) is 0. The van der Waals surface area contributed by atoms with Crippen molar-refractivity contribution in [1.29, 1.82) is 0 Å². The molecule has 0 aromatic heterocycles. The lowest BCUT2D eigenvalue weighted by Crippen LogP contribution is -2.45. The topological polar surface area (TPSA) is 57.6 Å². The van der Waals surface area contributed by atoms with E-state index in [4.69, 9.17) is 0 Å². The van der Waals surface area contributed by atoms with Crippen LogP contribution in [0.25, 0.3) is 0 Å². The second-order valence-electron chi connectivity index (χ2n) is 5.72. The van der Waals surface area contributed by atoms with Crippen LogP contribution in [0.3, 0.4) is 0 Å². The molecule has 1 saturated heterocycles. The Bertz CT molecular complexity index is 587. The number of rotatable bonds is 3. The summed E-state index contributed by atoms with van der Waals surface area (Å²) in [5.41, 5.74) is 3.73. The zero-order chi connectivity index (χ0) is 15.0. The molecule has 0 saturated carbocycles. The summed E-state index contributed by atoms with van der Waals surface area (Å²) in [4.78, 5) is 25.3. The first-order valence-corrected chi connectivity index (χ1v) is 8.37. The SMILES string of the molecule is CC1SCC(C(=O)O)N1C(=O)Cc1ccc2c(c1)CCC2. The lowest BCUT2D eigenvalue weighted by atomic mass is 10.0. The van der Waals surface area contributed by atoms with Gasteiger partial charge in [-0.05, 0) is 42.9 Å². The van der Waals surface area contributed by atoms with E-state index < -0.39 is 12.0 Å². The van der Waals surface area contributed by atoms with E-state index in [0.717, 1.165) is 18.4 Å². The number of carbonyl (C=O) groups is 2. The third kappa shape index (κ3) is 2.79. The van der Waals surface area contributed by atoms with Crippen LogP contribution in [0, 0.1) is 0 Å². The number of thioether (sulfide) groups is 1. The molecule has 3 rings (SSSR count). The van der Waals surface area contributed by atoms with Crippen LogP contribution in [0.4, 0.5) is 0 Å². The fourth-order valence-corrected chi connectivity index (χ4v) is 4.40. The normalized spacial score (nSPS) is 24.1. The Morgan fingerprint density at radius 3 is 2.86 bits per heavy atom. The summed E-state index contributed by atoms with van der Waals surface area (Å²) in [5, 5.41) is 9.17. The van der Waals surface area contributed by atoms with E-state index in [-0.39, 0.29) is 11.3 Å². The molecule has 1 heterocycles. The molecule has 0 spiro atoms. The lowest BCUT2D eigenvalue weighted by Gasteiger charge is -2.25. The predicted octanol–water partition coefficient (Wildman–Crippen LogP) is 2.09. The summed E-state index contributed by atoms with van der Waals surface area (Å²) in [6.07, 6.45) is 3.70. The molecule has 5 heteroatoms. The third-order valence-electron chi connectivity index (χ3n) is 4.31.